The normalized spacial score (nSPS) is 12.9. The Bertz CT molecular complexity index is 1790. The molecule has 0 saturated carbocycles. The SMILES string of the molecule is COc1cc2c(c(OC)c1OC)CCc1cc(-c3sccc3C)c(C(=O)NC(CO)Cc3c[nH]c4ccccc34)cc1-2. The van der Waals surface area contributed by atoms with Gasteiger partial charge in [0.25, 0.3) is 5.91 Å². The molecule has 0 spiro atoms. The first kappa shape index (κ1) is 27.9. The van der Waals surface area contributed by atoms with Crippen molar-refractivity contribution in [3.8, 4) is 38.8 Å². The van der Waals surface area contributed by atoms with E-state index in [1.165, 1.54) is 0 Å². The predicted molar refractivity (Wildman–Crippen MR) is 167 cm³/mol. The van der Waals surface area contributed by atoms with Crippen LogP contribution < -0.4 is 19.5 Å². The number of aliphatic hydroxyl groups excluding tert-OH is 1. The van der Waals surface area contributed by atoms with E-state index in [9.17, 15) is 9.90 Å². The molecule has 0 aliphatic heterocycles. The Morgan fingerprint density at radius 3 is 2.52 bits per heavy atom. The van der Waals surface area contributed by atoms with Gasteiger partial charge in [0.15, 0.2) is 11.5 Å². The van der Waals surface area contributed by atoms with Crippen molar-refractivity contribution in [1.29, 1.82) is 0 Å². The molecular formula is C34H34N2O5S. The number of hydrogen-bond acceptors (Lipinski definition) is 6. The number of aliphatic hydroxyl groups is 1. The minimum Gasteiger partial charge on any atom is -0.493 e. The molecule has 1 aliphatic rings. The van der Waals surface area contributed by atoms with Crippen molar-refractivity contribution in [2.75, 3.05) is 27.9 Å². The van der Waals surface area contributed by atoms with E-state index in [0.29, 0.717) is 29.2 Å². The van der Waals surface area contributed by atoms with Gasteiger partial charge in [0.1, 0.15) is 0 Å². The molecule has 1 amide bonds. The summed E-state index contributed by atoms with van der Waals surface area (Å²) in [4.78, 5) is 18.4. The summed E-state index contributed by atoms with van der Waals surface area (Å²) < 4.78 is 17.1. The number of aryl methyl sites for hydroxylation is 2. The Hall–Kier alpha value is -4.27. The lowest BCUT2D eigenvalue weighted by atomic mass is 9.82. The van der Waals surface area contributed by atoms with Gasteiger partial charge in [-0.3, -0.25) is 4.79 Å². The van der Waals surface area contributed by atoms with Gasteiger partial charge in [-0.1, -0.05) is 18.2 Å². The van der Waals surface area contributed by atoms with Crippen molar-refractivity contribution in [3.05, 3.63) is 87.9 Å². The first-order chi connectivity index (χ1) is 20.5. The molecular weight excluding hydrogens is 548 g/mol. The van der Waals surface area contributed by atoms with Crippen LogP contribution in [-0.4, -0.2) is 50.0 Å². The average molecular weight is 583 g/mol. The first-order valence-corrected chi connectivity index (χ1v) is 14.9. The largest absolute Gasteiger partial charge is 0.493 e. The van der Waals surface area contributed by atoms with Crippen LogP contribution in [0.2, 0.25) is 0 Å². The smallest absolute Gasteiger partial charge is 0.252 e. The quantitative estimate of drug-likeness (QED) is 0.189. The molecule has 8 heteroatoms. The van der Waals surface area contributed by atoms with Crippen LogP contribution in [0.5, 0.6) is 17.2 Å². The maximum atomic E-state index is 14.1. The fraction of sp³-hybridized carbons (Fsp3) is 0.265. The fourth-order valence-corrected chi connectivity index (χ4v) is 7.04. The molecule has 6 rings (SSSR count). The van der Waals surface area contributed by atoms with Crippen LogP contribution in [-0.2, 0) is 19.3 Å². The Morgan fingerprint density at radius 1 is 1.00 bits per heavy atom. The highest BCUT2D eigenvalue weighted by Gasteiger charge is 2.29. The third-order valence-corrected chi connectivity index (χ3v) is 9.21. The van der Waals surface area contributed by atoms with E-state index in [2.05, 4.69) is 34.7 Å². The molecule has 1 unspecified atom stereocenters. The molecule has 0 saturated heterocycles. The third kappa shape index (κ3) is 4.80. The summed E-state index contributed by atoms with van der Waals surface area (Å²) in [6.07, 6.45) is 4.02. The highest BCUT2D eigenvalue weighted by molar-refractivity contribution is 7.13. The summed E-state index contributed by atoms with van der Waals surface area (Å²) in [6.45, 7) is 1.89. The second-order valence-corrected chi connectivity index (χ2v) is 11.5. The number of nitrogens with one attached hydrogen (secondary N) is 2. The minimum absolute atomic E-state index is 0.180. The van der Waals surface area contributed by atoms with Gasteiger partial charge in [0, 0.05) is 38.7 Å². The van der Waals surface area contributed by atoms with Crippen molar-refractivity contribution < 1.29 is 24.1 Å². The summed E-state index contributed by atoms with van der Waals surface area (Å²) >= 11 is 1.63. The number of ether oxygens (including phenoxy) is 3. The molecule has 216 valence electrons. The van der Waals surface area contributed by atoms with Crippen LogP contribution in [0, 0.1) is 6.92 Å². The van der Waals surface area contributed by atoms with Gasteiger partial charge in [0.05, 0.1) is 34.0 Å². The summed E-state index contributed by atoms with van der Waals surface area (Å²) in [7, 11) is 4.85. The Balaban J connectivity index is 1.43. The van der Waals surface area contributed by atoms with Gasteiger partial charge >= 0.3 is 0 Å². The summed E-state index contributed by atoms with van der Waals surface area (Å²) in [5, 5.41) is 16.6. The fourth-order valence-electron chi connectivity index (χ4n) is 6.08. The number of rotatable bonds is 9. The van der Waals surface area contributed by atoms with E-state index >= 15 is 0 Å². The van der Waals surface area contributed by atoms with Crippen molar-refractivity contribution >= 4 is 28.1 Å². The lowest BCUT2D eigenvalue weighted by molar-refractivity contribution is 0.0917. The average Bonchev–Trinajstić information content (AvgIpc) is 3.64. The zero-order valence-electron chi connectivity index (χ0n) is 24.2. The number of carbonyl (C=O) groups excluding carboxylic acids is 1. The zero-order valence-corrected chi connectivity index (χ0v) is 25.0. The molecule has 1 atom stereocenters. The molecule has 0 bridgehead atoms. The number of H-pyrrole nitrogens is 1. The van der Waals surface area contributed by atoms with Crippen LogP contribution in [0.15, 0.2) is 60.1 Å². The van der Waals surface area contributed by atoms with Gasteiger partial charge in [0.2, 0.25) is 5.75 Å². The van der Waals surface area contributed by atoms with E-state index in [4.69, 9.17) is 14.2 Å². The molecule has 0 radical (unpaired) electrons. The monoisotopic (exact) mass is 582 g/mol. The van der Waals surface area contributed by atoms with Crippen LogP contribution in [0.1, 0.15) is 32.6 Å². The topological polar surface area (TPSA) is 92.8 Å². The number of hydrogen-bond donors (Lipinski definition) is 3. The molecule has 3 N–H and O–H groups in total. The number of benzene rings is 3. The van der Waals surface area contributed by atoms with Crippen LogP contribution in [0.25, 0.3) is 32.5 Å². The predicted octanol–water partition coefficient (Wildman–Crippen LogP) is 6.33. The second kappa shape index (κ2) is 11.5. The zero-order chi connectivity index (χ0) is 29.4. The summed E-state index contributed by atoms with van der Waals surface area (Å²) in [6, 6.07) is 15.8. The number of methoxy groups -OCH3 is 3. The van der Waals surface area contributed by atoms with Gasteiger partial charge in [-0.2, -0.15) is 0 Å². The third-order valence-electron chi connectivity index (χ3n) is 8.16. The maximum absolute atomic E-state index is 14.1. The van der Waals surface area contributed by atoms with E-state index in [1.54, 1.807) is 32.7 Å². The number of para-hydroxylation sites is 1. The summed E-state index contributed by atoms with van der Waals surface area (Å²) in [5.74, 6) is 1.57. The summed E-state index contributed by atoms with van der Waals surface area (Å²) in [5.41, 5.74) is 8.79. The van der Waals surface area contributed by atoms with Gasteiger partial charge in [-0.05, 0) is 89.7 Å². The van der Waals surface area contributed by atoms with Crippen molar-refractivity contribution in [2.24, 2.45) is 0 Å². The van der Waals surface area contributed by atoms with E-state index < -0.39 is 6.04 Å². The van der Waals surface area contributed by atoms with E-state index in [-0.39, 0.29) is 12.5 Å². The van der Waals surface area contributed by atoms with E-state index in [1.807, 2.05) is 42.6 Å². The molecule has 0 fully saturated rings. The number of fused-ring (bicyclic) bond motifs is 4. The number of aromatic amines is 1. The minimum atomic E-state index is -0.457. The Morgan fingerprint density at radius 2 is 1.81 bits per heavy atom. The van der Waals surface area contributed by atoms with Crippen LogP contribution in [0.4, 0.5) is 0 Å². The van der Waals surface area contributed by atoms with Gasteiger partial charge < -0.3 is 29.6 Å². The number of amides is 1. The standard InChI is InChI=1S/C34H34N2O5S/c1-19-11-12-42-33(19)27-14-20-9-10-24-26(16-30(39-2)32(41-4)31(24)40-3)25(20)15-28(27)34(38)36-22(18-37)13-21-17-35-29-8-6-5-7-23(21)29/h5-8,11-12,14-17,22,35,37H,9-10,13,18H2,1-4H3,(H,36,38). The first-order valence-electron chi connectivity index (χ1n) is 14.0. The molecule has 3 aromatic carbocycles. The van der Waals surface area contributed by atoms with Crippen molar-refractivity contribution in [1.82, 2.24) is 10.3 Å². The van der Waals surface area contributed by atoms with Crippen LogP contribution >= 0.6 is 11.3 Å². The van der Waals surface area contributed by atoms with Crippen molar-refractivity contribution in [2.45, 2.75) is 32.2 Å². The lowest BCUT2D eigenvalue weighted by Crippen LogP contribution is -2.39. The molecule has 2 aromatic heterocycles. The molecule has 2 heterocycles. The number of aromatic nitrogens is 1. The number of thiophene rings is 1. The lowest BCUT2D eigenvalue weighted by Gasteiger charge is -2.26. The number of carbonyl (C=O) groups is 1. The second-order valence-electron chi connectivity index (χ2n) is 10.6. The highest BCUT2D eigenvalue weighted by Crippen LogP contribution is 2.49. The Kier molecular flexibility index (Phi) is 7.66. The molecule has 1 aliphatic carbocycles. The van der Waals surface area contributed by atoms with Crippen LogP contribution in [0.3, 0.4) is 0 Å². The molecule has 7 nitrogen and oxygen atoms in total. The molecule has 5 aromatic rings. The van der Waals surface area contributed by atoms with Crippen molar-refractivity contribution in [3.63, 3.8) is 0 Å². The van der Waals surface area contributed by atoms with Gasteiger partial charge in [-0.15, -0.1) is 11.3 Å². The van der Waals surface area contributed by atoms with E-state index in [0.717, 1.165) is 67.6 Å². The maximum Gasteiger partial charge on any atom is 0.252 e. The van der Waals surface area contributed by atoms with Gasteiger partial charge in [-0.25, -0.2) is 0 Å². The highest BCUT2D eigenvalue weighted by atomic mass is 32.1. The molecule has 42 heavy (non-hydrogen) atoms. The Labute approximate surface area is 249 Å².